The van der Waals surface area contributed by atoms with Crippen molar-refractivity contribution in [3.05, 3.63) is 179 Å². The molecule has 0 spiro atoms. The summed E-state index contributed by atoms with van der Waals surface area (Å²) in [6, 6.07) is 44.3. The van der Waals surface area contributed by atoms with Gasteiger partial charge in [0.25, 0.3) is 5.08 Å². The molecule has 0 radical (unpaired) electrons. The van der Waals surface area contributed by atoms with Crippen LogP contribution in [-0.2, 0) is 58.7 Å². The molecule has 0 aliphatic rings. The van der Waals surface area contributed by atoms with Crippen molar-refractivity contribution in [3.63, 3.8) is 0 Å². The highest BCUT2D eigenvalue weighted by molar-refractivity contribution is 7.73. The van der Waals surface area contributed by atoms with Gasteiger partial charge in [-0.1, -0.05) is 152 Å². The van der Waals surface area contributed by atoms with Crippen molar-refractivity contribution in [2.45, 2.75) is 31.5 Å². The van der Waals surface area contributed by atoms with E-state index in [1.165, 1.54) is 12.1 Å². The van der Waals surface area contributed by atoms with Crippen LogP contribution in [0.1, 0.15) is 27.8 Å². The number of hydrogen-bond acceptors (Lipinski definition) is 7. The Bertz CT molecular complexity index is 1470. The second-order valence-corrected chi connectivity index (χ2v) is 14.7. The van der Waals surface area contributed by atoms with Gasteiger partial charge < -0.3 is 23.2 Å². The normalized spacial score (nSPS) is 12.2. The van der Waals surface area contributed by atoms with Crippen LogP contribution in [0.25, 0.3) is 0 Å². The van der Waals surface area contributed by atoms with Crippen LogP contribution < -0.4 is 0 Å². The first-order valence-corrected chi connectivity index (χ1v) is 17.2. The quantitative estimate of drug-likeness (QED) is 0.116. The van der Waals surface area contributed by atoms with E-state index in [4.69, 9.17) is 18.1 Å². The molecule has 0 bridgehead atoms. The zero-order valence-electron chi connectivity index (χ0n) is 24.1. The van der Waals surface area contributed by atoms with Crippen molar-refractivity contribution in [2.24, 2.45) is 0 Å². The molecule has 0 atom stereocenters. The molecule has 0 fully saturated rings. The lowest BCUT2D eigenvalue weighted by Crippen LogP contribution is -2.30. The Balaban J connectivity index is 1.62. The fraction of sp³-hybridized carbons (Fsp3) is 0.143. The SMILES string of the molecule is O=P(OCc1ccccc1)(OCc1ccccc1)C(O)(c1ccccc1)P(=O)(OCc1ccccc1)OCc1ccccc1. The molecule has 5 aromatic rings. The van der Waals surface area contributed by atoms with Crippen molar-refractivity contribution in [2.75, 3.05) is 0 Å². The molecule has 226 valence electrons. The number of benzene rings is 5. The van der Waals surface area contributed by atoms with Crippen molar-refractivity contribution >= 4 is 15.2 Å². The van der Waals surface area contributed by atoms with E-state index < -0.39 is 20.3 Å². The second kappa shape index (κ2) is 14.9. The van der Waals surface area contributed by atoms with Crippen LogP contribution in [0.2, 0.25) is 0 Å². The van der Waals surface area contributed by atoms with Gasteiger partial charge in [0.15, 0.2) is 0 Å². The molecule has 5 aromatic carbocycles. The summed E-state index contributed by atoms with van der Waals surface area (Å²) in [6.07, 6.45) is 0. The van der Waals surface area contributed by atoms with Crippen molar-refractivity contribution in [3.8, 4) is 0 Å². The van der Waals surface area contributed by atoms with Gasteiger partial charge in [-0.2, -0.15) is 0 Å². The highest BCUT2D eigenvalue weighted by Gasteiger charge is 2.66. The minimum Gasteiger partial charge on any atom is -0.364 e. The Morgan fingerprint density at radius 1 is 0.409 bits per heavy atom. The molecule has 0 saturated heterocycles. The lowest BCUT2D eigenvalue weighted by molar-refractivity contribution is 0.0678. The van der Waals surface area contributed by atoms with E-state index >= 15 is 9.13 Å². The van der Waals surface area contributed by atoms with Crippen LogP contribution in [0.5, 0.6) is 0 Å². The Labute approximate surface area is 258 Å². The summed E-state index contributed by atoms with van der Waals surface area (Å²) < 4.78 is 54.7. The Kier molecular flexibility index (Phi) is 10.8. The zero-order chi connectivity index (χ0) is 30.7. The van der Waals surface area contributed by atoms with E-state index in [-0.39, 0.29) is 32.0 Å². The minimum atomic E-state index is -4.82. The number of aliphatic hydroxyl groups is 1. The molecule has 9 heteroatoms. The van der Waals surface area contributed by atoms with Crippen molar-refractivity contribution < 1.29 is 32.3 Å². The average molecular weight is 629 g/mol. The first-order chi connectivity index (χ1) is 21.4. The molecule has 0 aliphatic carbocycles. The topological polar surface area (TPSA) is 91.3 Å². The van der Waals surface area contributed by atoms with E-state index in [2.05, 4.69) is 0 Å². The van der Waals surface area contributed by atoms with Crippen molar-refractivity contribution in [1.29, 1.82) is 0 Å². The van der Waals surface area contributed by atoms with Gasteiger partial charge in [-0.25, -0.2) is 0 Å². The molecule has 0 saturated carbocycles. The maximum atomic E-state index is 15.2. The van der Waals surface area contributed by atoms with Gasteiger partial charge in [0.05, 0.1) is 26.4 Å². The largest absolute Gasteiger partial charge is 0.379 e. The highest BCUT2D eigenvalue weighted by Crippen LogP contribution is 2.81. The van der Waals surface area contributed by atoms with Crippen LogP contribution >= 0.6 is 15.2 Å². The predicted molar refractivity (Wildman–Crippen MR) is 170 cm³/mol. The molecule has 0 aromatic heterocycles. The summed E-state index contributed by atoms with van der Waals surface area (Å²) in [6.45, 7) is -0.780. The van der Waals surface area contributed by atoms with Crippen LogP contribution in [0.3, 0.4) is 0 Å². The zero-order valence-corrected chi connectivity index (χ0v) is 25.8. The summed E-state index contributed by atoms with van der Waals surface area (Å²) in [5, 5.41) is 9.95. The molecular weight excluding hydrogens is 594 g/mol. The molecule has 0 heterocycles. The third-order valence-corrected chi connectivity index (χ3v) is 12.3. The summed E-state index contributed by atoms with van der Waals surface area (Å²) >= 11 is 0. The summed E-state index contributed by atoms with van der Waals surface area (Å²) in [5.41, 5.74) is 2.72. The maximum absolute atomic E-state index is 15.2. The van der Waals surface area contributed by atoms with Crippen LogP contribution in [-0.4, -0.2) is 5.11 Å². The standard InChI is InChI=1S/C35H34O7P2/c36-35(34-24-14-5-15-25-34,43(37,39-26-30-16-6-1-7-17-30)40-27-31-18-8-2-9-19-31)44(38,41-28-32-20-10-3-11-21-32)42-29-33-22-12-4-13-23-33/h1-25,36H,26-29H2. The molecule has 0 amide bonds. The third kappa shape index (κ3) is 7.52. The Morgan fingerprint density at radius 3 is 0.886 bits per heavy atom. The van der Waals surface area contributed by atoms with Gasteiger partial charge in [0, 0.05) is 5.56 Å². The minimum absolute atomic E-state index is 0.00825. The van der Waals surface area contributed by atoms with Crippen LogP contribution in [0, 0.1) is 0 Å². The van der Waals surface area contributed by atoms with E-state index in [0.717, 1.165) is 0 Å². The van der Waals surface area contributed by atoms with Gasteiger partial charge in [0.1, 0.15) is 0 Å². The summed E-state index contributed by atoms with van der Waals surface area (Å²) in [7, 11) is -9.63. The first-order valence-electron chi connectivity index (χ1n) is 14.1. The Hall–Kier alpha value is -3.64. The molecule has 0 unspecified atom stereocenters. The van der Waals surface area contributed by atoms with Crippen LogP contribution in [0.4, 0.5) is 0 Å². The molecule has 1 N–H and O–H groups in total. The highest BCUT2D eigenvalue weighted by atomic mass is 31.2. The maximum Gasteiger partial charge on any atom is 0.379 e. The second-order valence-electron chi connectivity index (χ2n) is 10.0. The predicted octanol–water partition coefficient (Wildman–Crippen LogP) is 9.04. The van der Waals surface area contributed by atoms with Gasteiger partial charge in [-0.3, -0.25) is 9.13 Å². The van der Waals surface area contributed by atoms with E-state index in [9.17, 15) is 5.11 Å². The molecule has 0 aliphatic heterocycles. The van der Waals surface area contributed by atoms with Gasteiger partial charge in [-0.05, 0) is 22.3 Å². The fourth-order valence-corrected chi connectivity index (χ4v) is 9.47. The van der Waals surface area contributed by atoms with Crippen molar-refractivity contribution in [1.82, 2.24) is 0 Å². The molecule has 44 heavy (non-hydrogen) atoms. The molecular formula is C35H34O7P2. The van der Waals surface area contributed by atoms with Crippen LogP contribution in [0.15, 0.2) is 152 Å². The van der Waals surface area contributed by atoms with Gasteiger partial charge in [-0.15, -0.1) is 0 Å². The first kappa shape index (κ1) is 31.8. The van der Waals surface area contributed by atoms with E-state index in [0.29, 0.717) is 22.3 Å². The lowest BCUT2D eigenvalue weighted by Gasteiger charge is -2.39. The van der Waals surface area contributed by atoms with E-state index in [1.807, 2.05) is 72.8 Å². The lowest BCUT2D eigenvalue weighted by atomic mass is 10.2. The Morgan fingerprint density at radius 2 is 0.636 bits per heavy atom. The molecule has 5 rings (SSSR count). The fourth-order valence-electron chi connectivity index (χ4n) is 4.50. The summed E-state index contributed by atoms with van der Waals surface area (Å²) in [4.78, 5) is 0. The third-order valence-electron chi connectivity index (χ3n) is 6.90. The van der Waals surface area contributed by atoms with Gasteiger partial charge in [0.2, 0.25) is 0 Å². The van der Waals surface area contributed by atoms with Gasteiger partial charge >= 0.3 is 15.2 Å². The van der Waals surface area contributed by atoms with E-state index in [1.54, 1.807) is 66.7 Å². The smallest absolute Gasteiger partial charge is 0.364 e. The average Bonchev–Trinajstić information content (AvgIpc) is 3.10. The molecule has 7 nitrogen and oxygen atoms in total. The number of rotatable bonds is 15. The monoisotopic (exact) mass is 628 g/mol. The number of hydrogen-bond donors (Lipinski definition) is 1. The summed E-state index contributed by atoms with van der Waals surface area (Å²) in [5.74, 6) is 0.